The second kappa shape index (κ2) is 6.50. The normalized spacial score (nSPS) is 12.3. The van der Waals surface area contributed by atoms with Gasteiger partial charge in [-0.3, -0.25) is 4.79 Å². The first-order valence-corrected chi connectivity index (χ1v) is 6.15. The third kappa shape index (κ3) is 4.27. The van der Waals surface area contributed by atoms with Crippen molar-refractivity contribution in [1.82, 2.24) is 5.32 Å². The molecule has 17 heavy (non-hydrogen) atoms. The summed E-state index contributed by atoms with van der Waals surface area (Å²) in [4.78, 5) is 11.7. The number of hydrogen-bond donors (Lipinski definition) is 1. The number of halogens is 1. The first-order valence-electron chi connectivity index (χ1n) is 5.71. The van der Waals surface area contributed by atoms with E-state index in [0.717, 1.165) is 11.3 Å². The molecule has 1 atom stereocenters. The van der Waals surface area contributed by atoms with Crippen molar-refractivity contribution in [3.8, 4) is 5.75 Å². The summed E-state index contributed by atoms with van der Waals surface area (Å²) in [5.74, 6) is 0.607. The molecule has 1 rings (SSSR count). The van der Waals surface area contributed by atoms with Crippen molar-refractivity contribution < 1.29 is 9.53 Å². The van der Waals surface area contributed by atoms with E-state index in [-0.39, 0.29) is 11.9 Å². The molecule has 0 heterocycles. The predicted octanol–water partition coefficient (Wildman–Crippen LogP) is 2.89. The van der Waals surface area contributed by atoms with Crippen LogP contribution in [0, 0.1) is 0 Å². The average molecular weight is 256 g/mol. The summed E-state index contributed by atoms with van der Waals surface area (Å²) in [6, 6.07) is 7.34. The van der Waals surface area contributed by atoms with E-state index in [1.54, 1.807) is 0 Å². The van der Waals surface area contributed by atoms with Gasteiger partial charge in [-0.05, 0) is 38.5 Å². The highest BCUT2D eigenvalue weighted by atomic mass is 35.5. The Morgan fingerprint density at radius 1 is 1.35 bits per heavy atom. The molecular formula is C13H18ClNO2. The van der Waals surface area contributed by atoms with Crippen LogP contribution in [-0.4, -0.2) is 18.6 Å². The lowest BCUT2D eigenvalue weighted by molar-refractivity contribution is -0.121. The summed E-state index contributed by atoms with van der Waals surface area (Å²) in [7, 11) is 0. The maximum absolute atomic E-state index is 11.7. The van der Waals surface area contributed by atoms with Crippen molar-refractivity contribution >= 4 is 17.5 Å². The maximum atomic E-state index is 11.7. The number of amides is 1. The first-order chi connectivity index (χ1) is 8.04. The van der Waals surface area contributed by atoms with Crippen LogP contribution in [0.5, 0.6) is 5.75 Å². The van der Waals surface area contributed by atoms with E-state index in [9.17, 15) is 4.79 Å². The van der Waals surface area contributed by atoms with E-state index in [1.165, 1.54) is 0 Å². The van der Waals surface area contributed by atoms with E-state index < -0.39 is 5.38 Å². The number of hydrogen-bond acceptors (Lipinski definition) is 2. The van der Waals surface area contributed by atoms with Gasteiger partial charge in [0.15, 0.2) is 0 Å². The molecule has 0 spiro atoms. The molecule has 1 aromatic carbocycles. The molecule has 0 aliphatic rings. The van der Waals surface area contributed by atoms with Crippen LogP contribution in [0.15, 0.2) is 24.3 Å². The average Bonchev–Trinajstić information content (AvgIpc) is 2.28. The fraction of sp³-hybridized carbons (Fsp3) is 0.462. The Labute approximate surface area is 107 Å². The van der Waals surface area contributed by atoms with Crippen LogP contribution in [0.25, 0.3) is 0 Å². The summed E-state index contributed by atoms with van der Waals surface area (Å²) in [5, 5.41) is 2.12. The fourth-order valence-corrected chi connectivity index (χ4v) is 1.62. The monoisotopic (exact) mass is 255 g/mol. The molecule has 1 aromatic rings. The van der Waals surface area contributed by atoms with Crippen molar-refractivity contribution in [2.45, 2.75) is 32.2 Å². The van der Waals surface area contributed by atoms with E-state index in [0.29, 0.717) is 6.61 Å². The zero-order chi connectivity index (χ0) is 12.8. The van der Waals surface area contributed by atoms with Gasteiger partial charge in [-0.1, -0.05) is 12.1 Å². The minimum atomic E-state index is -0.659. The van der Waals surface area contributed by atoms with Crippen molar-refractivity contribution in [1.29, 1.82) is 0 Å². The van der Waals surface area contributed by atoms with Crippen LogP contribution >= 0.6 is 11.6 Å². The highest BCUT2D eigenvalue weighted by molar-refractivity contribution is 6.30. The summed E-state index contributed by atoms with van der Waals surface area (Å²) in [5.41, 5.74) is 0.772. The third-order valence-corrected chi connectivity index (χ3v) is 2.60. The summed E-state index contributed by atoms with van der Waals surface area (Å²) in [6.45, 7) is 6.35. The standard InChI is InChI=1S/C13H18ClNO2/c1-4-17-11-7-5-10(6-8-11)12(14)13(16)15-9(2)3/h5-9,12H,4H2,1-3H3,(H,15,16). The lowest BCUT2D eigenvalue weighted by Gasteiger charge is -2.13. The molecule has 0 bridgehead atoms. The molecule has 0 fully saturated rings. The van der Waals surface area contributed by atoms with Crippen molar-refractivity contribution in [2.24, 2.45) is 0 Å². The molecule has 1 N–H and O–H groups in total. The second-order valence-corrected chi connectivity index (χ2v) is 4.46. The number of alkyl halides is 1. The summed E-state index contributed by atoms with van der Waals surface area (Å²) < 4.78 is 5.32. The molecular weight excluding hydrogens is 238 g/mol. The maximum Gasteiger partial charge on any atom is 0.242 e. The molecule has 0 radical (unpaired) electrons. The van der Waals surface area contributed by atoms with E-state index in [2.05, 4.69) is 5.32 Å². The number of benzene rings is 1. The molecule has 0 saturated heterocycles. The number of rotatable bonds is 5. The summed E-state index contributed by atoms with van der Waals surface area (Å²) >= 11 is 6.08. The summed E-state index contributed by atoms with van der Waals surface area (Å²) in [6.07, 6.45) is 0. The molecule has 94 valence electrons. The fourth-order valence-electron chi connectivity index (χ4n) is 1.41. The molecule has 0 aliphatic heterocycles. The van der Waals surface area contributed by atoms with Crippen LogP contribution in [0.1, 0.15) is 31.7 Å². The Hall–Kier alpha value is -1.22. The van der Waals surface area contributed by atoms with Gasteiger partial charge in [0.25, 0.3) is 0 Å². The minimum absolute atomic E-state index is 0.0893. The lowest BCUT2D eigenvalue weighted by atomic mass is 10.1. The van der Waals surface area contributed by atoms with Crippen molar-refractivity contribution in [3.05, 3.63) is 29.8 Å². The van der Waals surface area contributed by atoms with E-state index >= 15 is 0 Å². The zero-order valence-electron chi connectivity index (χ0n) is 10.4. The Morgan fingerprint density at radius 3 is 2.41 bits per heavy atom. The quantitative estimate of drug-likeness (QED) is 0.822. The highest BCUT2D eigenvalue weighted by Gasteiger charge is 2.17. The molecule has 4 heteroatoms. The van der Waals surface area contributed by atoms with Crippen LogP contribution in [0.4, 0.5) is 0 Å². The van der Waals surface area contributed by atoms with Gasteiger partial charge in [0.1, 0.15) is 11.1 Å². The molecule has 3 nitrogen and oxygen atoms in total. The molecule has 0 aliphatic carbocycles. The molecule has 0 saturated carbocycles. The largest absolute Gasteiger partial charge is 0.494 e. The highest BCUT2D eigenvalue weighted by Crippen LogP contribution is 2.23. The van der Waals surface area contributed by atoms with Gasteiger partial charge in [0, 0.05) is 6.04 Å². The number of nitrogens with one attached hydrogen (secondary N) is 1. The van der Waals surface area contributed by atoms with Crippen LogP contribution < -0.4 is 10.1 Å². The van der Waals surface area contributed by atoms with Gasteiger partial charge in [-0.25, -0.2) is 0 Å². The Balaban J connectivity index is 2.68. The SMILES string of the molecule is CCOc1ccc(C(Cl)C(=O)NC(C)C)cc1. The second-order valence-electron chi connectivity index (χ2n) is 4.03. The van der Waals surface area contributed by atoms with Gasteiger partial charge >= 0.3 is 0 Å². The molecule has 0 aromatic heterocycles. The Bertz CT molecular complexity index is 362. The predicted molar refractivity (Wildman–Crippen MR) is 69.5 cm³/mol. The van der Waals surface area contributed by atoms with Crippen LogP contribution in [0.2, 0.25) is 0 Å². The molecule has 1 unspecified atom stereocenters. The first kappa shape index (κ1) is 13.8. The number of carbonyl (C=O) groups is 1. The van der Waals surface area contributed by atoms with E-state index in [4.69, 9.17) is 16.3 Å². The minimum Gasteiger partial charge on any atom is -0.494 e. The van der Waals surface area contributed by atoms with Gasteiger partial charge in [-0.2, -0.15) is 0 Å². The zero-order valence-corrected chi connectivity index (χ0v) is 11.1. The van der Waals surface area contributed by atoms with Gasteiger partial charge in [0.05, 0.1) is 6.61 Å². The van der Waals surface area contributed by atoms with Gasteiger partial charge in [-0.15, -0.1) is 11.6 Å². The van der Waals surface area contributed by atoms with Crippen LogP contribution in [0.3, 0.4) is 0 Å². The number of ether oxygens (including phenoxy) is 1. The van der Waals surface area contributed by atoms with Crippen molar-refractivity contribution in [3.63, 3.8) is 0 Å². The molecule has 1 amide bonds. The Morgan fingerprint density at radius 2 is 1.94 bits per heavy atom. The smallest absolute Gasteiger partial charge is 0.242 e. The number of carbonyl (C=O) groups excluding carboxylic acids is 1. The van der Waals surface area contributed by atoms with Gasteiger partial charge in [0.2, 0.25) is 5.91 Å². The Kier molecular flexibility index (Phi) is 5.29. The van der Waals surface area contributed by atoms with E-state index in [1.807, 2.05) is 45.0 Å². The van der Waals surface area contributed by atoms with Gasteiger partial charge < -0.3 is 10.1 Å². The topological polar surface area (TPSA) is 38.3 Å². The van der Waals surface area contributed by atoms with Crippen molar-refractivity contribution in [2.75, 3.05) is 6.61 Å². The lowest BCUT2D eigenvalue weighted by Crippen LogP contribution is -2.32. The van der Waals surface area contributed by atoms with Crippen LogP contribution in [-0.2, 0) is 4.79 Å². The third-order valence-electron chi connectivity index (χ3n) is 2.14.